The molecule has 2 rings (SSSR count). The fourth-order valence-electron chi connectivity index (χ4n) is 2.60. The van der Waals surface area contributed by atoms with Crippen LogP contribution in [0.15, 0.2) is 18.3 Å². The first-order valence-electron chi connectivity index (χ1n) is 6.37. The molecule has 1 fully saturated rings. The summed E-state index contributed by atoms with van der Waals surface area (Å²) >= 11 is 0. The second kappa shape index (κ2) is 5.98. The molecule has 0 radical (unpaired) electrons. The lowest BCUT2D eigenvalue weighted by Gasteiger charge is -2.30. The predicted octanol–water partition coefficient (Wildman–Crippen LogP) is 1.28. The van der Waals surface area contributed by atoms with Gasteiger partial charge in [-0.1, -0.05) is 12.8 Å². The van der Waals surface area contributed by atoms with Gasteiger partial charge in [0.25, 0.3) is 0 Å². The van der Waals surface area contributed by atoms with Crippen molar-refractivity contribution in [2.75, 3.05) is 18.1 Å². The van der Waals surface area contributed by atoms with E-state index < -0.39 is 0 Å². The smallest absolute Gasteiger partial charge is 0.0606 e. The van der Waals surface area contributed by atoms with Crippen molar-refractivity contribution in [3.05, 3.63) is 24.0 Å². The zero-order valence-corrected chi connectivity index (χ0v) is 10.2. The van der Waals surface area contributed by atoms with Crippen LogP contribution in [0, 0.1) is 0 Å². The second-order valence-electron chi connectivity index (χ2n) is 4.56. The maximum Gasteiger partial charge on any atom is 0.0606 e. The monoisotopic (exact) mass is 235 g/mol. The minimum Gasteiger partial charge on any atom is -0.395 e. The Morgan fingerprint density at radius 1 is 1.41 bits per heavy atom. The summed E-state index contributed by atoms with van der Waals surface area (Å²) in [4.78, 5) is 6.51. The maximum absolute atomic E-state index is 9.20. The molecular formula is C13H21N3O. The van der Waals surface area contributed by atoms with Crippen LogP contribution in [0.25, 0.3) is 0 Å². The molecule has 0 spiro atoms. The average molecular weight is 235 g/mol. The molecule has 94 valence electrons. The standard InChI is InChI=1S/C13H21N3O/c14-10-11-9-13(5-6-15-11)16(7-8-17)12-3-1-2-4-12/h5-6,9,12,17H,1-4,7-8,10,14H2. The van der Waals surface area contributed by atoms with Crippen molar-refractivity contribution in [2.24, 2.45) is 5.73 Å². The highest BCUT2D eigenvalue weighted by Crippen LogP contribution is 2.28. The number of nitrogens with two attached hydrogens (primary N) is 1. The minimum atomic E-state index is 0.191. The zero-order valence-electron chi connectivity index (χ0n) is 10.2. The van der Waals surface area contributed by atoms with Crippen LogP contribution in [0.1, 0.15) is 31.4 Å². The third kappa shape index (κ3) is 2.96. The molecule has 0 amide bonds. The largest absolute Gasteiger partial charge is 0.395 e. The van der Waals surface area contributed by atoms with Gasteiger partial charge in [-0.3, -0.25) is 4.98 Å². The number of nitrogens with zero attached hydrogens (tertiary/aromatic N) is 2. The summed E-state index contributed by atoms with van der Waals surface area (Å²) in [5, 5.41) is 9.20. The number of anilines is 1. The van der Waals surface area contributed by atoms with Gasteiger partial charge in [-0.25, -0.2) is 0 Å². The molecule has 1 aromatic heterocycles. The van der Waals surface area contributed by atoms with E-state index in [1.165, 1.54) is 25.7 Å². The summed E-state index contributed by atoms with van der Waals surface area (Å²) in [6.45, 7) is 1.35. The molecule has 1 aliphatic rings. The number of aliphatic hydroxyl groups is 1. The van der Waals surface area contributed by atoms with E-state index in [1.54, 1.807) is 6.20 Å². The Morgan fingerprint density at radius 3 is 2.82 bits per heavy atom. The number of aromatic nitrogens is 1. The van der Waals surface area contributed by atoms with E-state index in [2.05, 4.69) is 9.88 Å². The molecule has 1 saturated carbocycles. The summed E-state index contributed by atoms with van der Waals surface area (Å²) in [5.41, 5.74) is 7.66. The van der Waals surface area contributed by atoms with E-state index in [1.807, 2.05) is 12.1 Å². The van der Waals surface area contributed by atoms with Crippen molar-refractivity contribution in [3.63, 3.8) is 0 Å². The van der Waals surface area contributed by atoms with Crippen molar-refractivity contribution >= 4 is 5.69 Å². The number of hydrogen-bond acceptors (Lipinski definition) is 4. The van der Waals surface area contributed by atoms with Gasteiger partial charge in [0.05, 0.1) is 12.3 Å². The van der Waals surface area contributed by atoms with Crippen molar-refractivity contribution in [1.82, 2.24) is 4.98 Å². The van der Waals surface area contributed by atoms with Crippen molar-refractivity contribution in [2.45, 2.75) is 38.3 Å². The van der Waals surface area contributed by atoms with E-state index in [0.717, 1.165) is 11.4 Å². The topological polar surface area (TPSA) is 62.4 Å². The summed E-state index contributed by atoms with van der Waals surface area (Å²) < 4.78 is 0. The van der Waals surface area contributed by atoms with E-state index in [9.17, 15) is 5.11 Å². The maximum atomic E-state index is 9.20. The van der Waals surface area contributed by atoms with E-state index in [4.69, 9.17) is 5.73 Å². The van der Waals surface area contributed by atoms with E-state index >= 15 is 0 Å². The van der Waals surface area contributed by atoms with Crippen LogP contribution in [-0.2, 0) is 6.54 Å². The van der Waals surface area contributed by atoms with Crippen LogP contribution in [0.2, 0.25) is 0 Å². The van der Waals surface area contributed by atoms with Gasteiger partial charge in [0, 0.05) is 31.0 Å². The zero-order chi connectivity index (χ0) is 12.1. The molecule has 4 heteroatoms. The molecule has 3 N–H and O–H groups in total. The molecular weight excluding hydrogens is 214 g/mol. The molecule has 1 aliphatic carbocycles. The van der Waals surface area contributed by atoms with E-state index in [0.29, 0.717) is 19.1 Å². The Morgan fingerprint density at radius 2 is 2.18 bits per heavy atom. The van der Waals surface area contributed by atoms with Crippen LogP contribution in [0.5, 0.6) is 0 Å². The second-order valence-corrected chi connectivity index (χ2v) is 4.56. The van der Waals surface area contributed by atoms with Crippen molar-refractivity contribution < 1.29 is 5.11 Å². The number of pyridine rings is 1. The molecule has 0 unspecified atom stereocenters. The molecule has 4 nitrogen and oxygen atoms in total. The minimum absolute atomic E-state index is 0.191. The molecule has 0 aliphatic heterocycles. The predicted molar refractivity (Wildman–Crippen MR) is 68.8 cm³/mol. The van der Waals surface area contributed by atoms with Gasteiger partial charge in [0.2, 0.25) is 0 Å². The molecule has 17 heavy (non-hydrogen) atoms. The van der Waals surface area contributed by atoms with Crippen LogP contribution in [0.3, 0.4) is 0 Å². The summed E-state index contributed by atoms with van der Waals surface area (Å²) in [6, 6.07) is 4.61. The molecule has 1 aromatic rings. The summed E-state index contributed by atoms with van der Waals surface area (Å²) in [7, 11) is 0. The SMILES string of the molecule is NCc1cc(N(CCO)C2CCCC2)ccn1. The number of rotatable bonds is 5. The molecule has 1 heterocycles. The highest BCUT2D eigenvalue weighted by atomic mass is 16.3. The Hall–Kier alpha value is -1.13. The molecule has 0 saturated heterocycles. The molecule has 0 bridgehead atoms. The highest BCUT2D eigenvalue weighted by Gasteiger charge is 2.22. The Kier molecular flexibility index (Phi) is 4.34. The molecule has 0 aromatic carbocycles. The van der Waals surface area contributed by atoms with Gasteiger partial charge in [0.1, 0.15) is 0 Å². The highest BCUT2D eigenvalue weighted by molar-refractivity contribution is 5.47. The van der Waals surface area contributed by atoms with Crippen LogP contribution < -0.4 is 10.6 Å². The fourth-order valence-corrected chi connectivity index (χ4v) is 2.60. The van der Waals surface area contributed by atoms with Crippen LogP contribution in [0.4, 0.5) is 5.69 Å². The Labute approximate surface area is 102 Å². The van der Waals surface area contributed by atoms with Gasteiger partial charge in [-0.05, 0) is 25.0 Å². The summed E-state index contributed by atoms with van der Waals surface area (Å²) in [6.07, 6.45) is 6.83. The lowest BCUT2D eigenvalue weighted by Crippen LogP contribution is -2.35. The van der Waals surface area contributed by atoms with Crippen LogP contribution >= 0.6 is 0 Å². The lowest BCUT2D eigenvalue weighted by molar-refractivity contribution is 0.297. The quantitative estimate of drug-likeness (QED) is 0.807. The third-order valence-corrected chi connectivity index (χ3v) is 3.45. The number of hydrogen-bond donors (Lipinski definition) is 2. The Balaban J connectivity index is 2.18. The van der Waals surface area contributed by atoms with Crippen LogP contribution in [-0.4, -0.2) is 29.3 Å². The first kappa shape index (κ1) is 12.3. The molecule has 0 atom stereocenters. The lowest BCUT2D eigenvalue weighted by atomic mass is 10.1. The Bertz CT molecular complexity index is 350. The van der Waals surface area contributed by atoms with Crippen molar-refractivity contribution in [1.29, 1.82) is 0 Å². The van der Waals surface area contributed by atoms with Gasteiger partial charge in [-0.2, -0.15) is 0 Å². The fraction of sp³-hybridized carbons (Fsp3) is 0.615. The third-order valence-electron chi connectivity index (χ3n) is 3.45. The number of aliphatic hydroxyl groups excluding tert-OH is 1. The van der Waals surface area contributed by atoms with Crippen molar-refractivity contribution in [3.8, 4) is 0 Å². The van der Waals surface area contributed by atoms with Gasteiger partial charge in [-0.15, -0.1) is 0 Å². The first-order chi connectivity index (χ1) is 8.35. The van der Waals surface area contributed by atoms with Gasteiger partial charge >= 0.3 is 0 Å². The normalized spacial score (nSPS) is 16.4. The average Bonchev–Trinajstić information content (AvgIpc) is 2.89. The van der Waals surface area contributed by atoms with Gasteiger partial charge in [0.15, 0.2) is 0 Å². The summed E-state index contributed by atoms with van der Waals surface area (Å²) in [5.74, 6) is 0. The van der Waals surface area contributed by atoms with Gasteiger partial charge < -0.3 is 15.7 Å². The van der Waals surface area contributed by atoms with E-state index in [-0.39, 0.29) is 6.61 Å². The first-order valence-corrected chi connectivity index (χ1v) is 6.37.